The number of nitrogens with zero attached hydrogens (tertiary/aromatic N) is 4. The number of hydrogen-bond donors (Lipinski definition) is 1. The molecule has 6 nitrogen and oxygen atoms in total. The van der Waals surface area contributed by atoms with Crippen molar-refractivity contribution in [2.45, 2.75) is 31.9 Å². The maximum Gasteiger partial charge on any atom is 0.277 e. The highest BCUT2D eigenvalue weighted by Crippen LogP contribution is 2.41. The highest BCUT2D eigenvalue weighted by molar-refractivity contribution is 6.09. The Labute approximate surface area is 140 Å². The van der Waals surface area contributed by atoms with Gasteiger partial charge in [0.05, 0.1) is 12.2 Å². The van der Waals surface area contributed by atoms with Crippen molar-refractivity contribution in [2.75, 3.05) is 4.90 Å². The van der Waals surface area contributed by atoms with E-state index in [0.717, 1.165) is 18.4 Å². The van der Waals surface area contributed by atoms with Crippen LogP contribution in [0.25, 0.3) is 0 Å². The third kappa shape index (κ3) is 2.38. The van der Waals surface area contributed by atoms with Crippen LogP contribution in [-0.2, 0) is 24.0 Å². The fourth-order valence-electron chi connectivity index (χ4n) is 2.94. The highest BCUT2D eigenvalue weighted by Gasteiger charge is 2.49. The number of hydrogen-bond acceptors (Lipinski definition) is 4. The van der Waals surface area contributed by atoms with Gasteiger partial charge in [-0.25, -0.2) is 0 Å². The summed E-state index contributed by atoms with van der Waals surface area (Å²) in [5.41, 5.74) is 1.12. The SMILES string of the molecule is Cc1ccc2c(c1)C(O)(C#CC1CC1)C(=O)N2Cc1cn(C)nn1. The molecule has 1 fully saturated rings. The Morgan fingerprint density at radius 3 is 2.88 bits per heavy atom. The Kier molecular flexibility index (Phi) is 3.22. The van der Waals surface area contributed by atoms with Gasteiger partial charge in [-0.05, 0) is 31.9 Å². The molecule has 1 unspecified atom stereocenters. The molecule has 1 saturated carbocycles. The Bertz CT molecular complexity index is 888. The third-order valence-electron chi connectivity index (χ3n) is 4.39. The molecule has 1 atom stereocenters. The van der Waals surface area contributed by atoms with Crippen LogP contribution in [0.4, 0.5) is 5.69 Å². The van der Waals surface area contributed by atoms with E-state index in [1.807, 2.05) is 25.1 Å². The van der Waals surface area contributed by atoms with E-state index in [0.29, 0.717) is 22.9 Å². The molecular formula is C18H18N4O2. The molecule has 1 aromatic carbocycles. The zero-order chi connectivity index (χ0) is 16.9. The van der Waals surface area contributed by atoms with Gasteiger partial charge in [0.25, 0.3) is 5.91 Å². The summed E-state index contributed by atoms with van der Waals surface area (Å²) >= 11 is 0. The first-order valence-electron chi connectivity index (χ1n) is 8.01. The number of anilines is 1. The van der Waals surface area contributed by atoms with Gasteiger partial charge >= 0.3 is 0 Å². The average Bonchev–Trinajstić information content (AvgIpc) is 3.27. The summed E-state index contributed by atoms with van der Waals surface area (Å²) in [6, 6.07) is 5.62. The van der Waals surface area contributed by atoms with Crippen molar-refractivity contribution in [3.63, 3.8) is 0 Å². The molecule has 1 aliphatic heterocycles. The standard InChI is InChI=1S/C18H18N4O2/c1-12-3-6-16-15(9-12)18(24,8-7-13-4-5-13)17(23)22(16)11-14-10-21(2)20-19-14/h3,6,9-10,13,24H,4-5,11H2,1-2H3. The molecule has 0 radical (unpaired) electrons. The molecule has 122 valence electrons. The van der Waals surface area contributed by atoms with Crippen molar-refractivity contribution >= 4 is 11.6 Å². The zero-order valence-electron chi connectivity index (χ0n) is 13.7. The van der Waals surface area contributed by atoms with Crippen LogP contribution in [0, 0.1) is 24.7 Å². The van der Waals surface area contributed by atoms with Gasteiger partial charge in [0.2, 0.25) is 5.60 Å². The number of amides is 1. The third-order valence-corrected chi connectivity index (χ3v) is 4.39. The molecule has 2 heterocycles. The van der Waals surface area contributed by atoms with Gasteiger partial charge in [-0.2, -0.15) is 0 Å². The second-order valence-electron chi connectivity index (χ2n) is 6.55. The Balaban J connectivity index is 1.77. The molecule has 6 heteroatoms. The number of rotatable bonds is 2. The molecule has 1 amide bonds. The molecule has 24 heavy (non-hydrogen) atoms. The Morgan fingerprint density at radius 2 is 2.21 bits per heavy atom. The first-order chi connectivity index (χ1) is 11.5. The van der Waals surface area contributed by atoms with E-state index in [2.05, 4.69) is 22.2 Å². The minimum absolute atomic E-state index is 0.260. The van der Waals surface area contributed by atoms with Gasteiger partial charge in [-0.1, -0.05) is 28.7 Å². The molecule has 1 aromatic heterocycles. The van der Waals surface area contributed by atoms with Gasteiger partial charge in [0.15, 0.2) is 0 Å². The number of aryl methyl sites for hydroxylation is 2. The summed E-state index contributed by atoms with van der Waals surface area (Å²) in [6.07, 6.45) is 3.84. The van der Waals surface area contributed by atoms with Gasteiger partial charge < -0.3 is 10.0 Å². The van der Waals surface area contributed by atoms with Gasteiger partial charge in [-0.3, -0.25) is 9.48 Å². The molecule has 0 bridgehead atoms. The summed E-state index contributed by atoms with van der Waals surface area (Å²) < 4.78 is 1.59. The first-order valence-corrected chi connectivity index (χ1v) is 8.01. The van der Waals surface area contributed by atoms with E-state index in [1.54, 1.807) is 22.8 Å². The summed E-state index contributed by atoms with van der Waals surface area (Å²) in [5, 5.41) is 19.0. The number of aromatic nitrogens is 3. The lowest BCUT2D eigenvalue weighted by Crippen LogP contribution is -2.39. The average molecular weight is 322 g/mol. The van der Waals surface area contributed by atoms with E-state index in [1.165, 1.54) is 0 Å². The van der Waals surface area contributed by atoms with Gasteiger partial charge in [0.1, 0.15) is 5.69 Å². The number of aliphatic hydroxyl groups is 1. The van der Waals surface area contributed by atoms with Crippen LogP contribution in [0.5, 0.6) is 0 Å². The van der Waals surface area contributed by atoms with Crippen LogP contribution in [0.2, 0.25) is 0 Å². The highest BCUT2D eigenvalue weighted by atomic mass is 16.3. The van der Waals surface area contributed by atoms with Crippen LogP contribution in [0.15, 0.2) is 24.4 Å². The van der Waals surface area contributed by atoms with Gasteiger partial charge in [0, 0.05) is 24.7 Å². The second kappa shape index (κ2) is 5.18. The minimum Gasteiger partial charge on any atom is -0.366 e. The molecule has 4 rings (SSSR count). The maximum absolute atomic E-state index is 13.0. The van der Waals surface area contributed by atoms with Crippen LogP contribution < -0.4 is 4.90 Å². The number of benzene rings is 1. The van der Waals surface area contributed by atoms with Crippen molar-refractivity contribution in [1.82, 2.24) is 15.0 Å². The Morgan fingerprint density at radius 1 is 1.42 bits per heavy atom. The fourth-order valence-corrected chi connectivity index (χ4v) is 2.94. The quantitative estimate of drug-likeness (QED) is 0.845. The molecule has 2 aliphatic rings. The monoisotopic (exact) mass is 322 g/mol. The Hall–Kier alpha value is -2.65. The van der Waals surface area contributed by atoms with Gasteiger partial charge in [-0.15, -0.1) is 5.10 Å². The largest absolute Gasteiger partial charge is 0.366 e. The normalized spacial score (nSPS) is 22.3. The summed E-state index contributed by atoms with van der Waals surface area (Å²) in [6.45, 7) is 2.20. The number of fused-ring (bicyclic) bond motifs is 1. The summed E-state index contributed by atoms with van der Waals surface area (Å²) in [5.74, 6) is 5.78. The van der Waals surface area contributed by atoms with Crippen molar-refractivity contribution in [3.8, 4) is 11.8 Å². The smallest absolute Gasteiger partial charge is 0.277 e. The fraction of sp³-hybridized carbons (Fsp3) is 0.389. The molecule has 1 aliphatic carbocycles. The van der Waals surface area contributed by atoms with E-state index < -0.39 is 11.5 Å². The van der Waals surface area contributed by atoms with Crippen molar-refractivity contribution < 1.29 is 9.90 Å². The molecule has 0 saturated heterocycles. The lowest BCUT2D eigenvalue weighted by molar-refractivity contribution is -0.130. The molecule has 1 N–H and O–H groups in total. The molecule has 2 aromatic rings. The second-order valence-corrected chi connectivity index (χ2v) is 6.55. The molecular weight excluding hydrogens is 304 g/mol. The van der Waals surface area contributed by atoms with Crippen LogP contribution in [0.1, 0.15) is 29.7 Å². The minimum atomic E-state index is -1.77. The van der Waals surface area contributed by atoms with E-state index in [9.17, 15) is 9.90 Å². The lowest BCUT2D eigenvalue weighted by Gasteiger charge is -2.17. The maximum atomic E-state index is 13.0. The number of carbonyl (C=O) groups excluding carboxylic acids is 1. The van der Waals surface area contributed by atoms with Crippen molar-refractivity contribution in [2.24, 2.45) is 13.0 Å². The molecule has 0 spiro atoms. The predicted octanol–water partition coefficient (Wildman–Crippen LogP) is 1.27. The van der Waals surface area contributed by atoms with Crippen LogP contribution in [-0.4, -0.2) is 26.0 Å². The summed E-state index contributed by atoms with van der Waals surface area (Å²) in [4.78, 5) is 14.5. The van der Waals surface area contributed by atoms with Crippen molar-refractivity contribution in [1.29, 1.82) is 0 Å². The number of carbonyl (C=O) groups is 1. The van der Waals surface area contributed by atoms with E-state index >= 15 is 0 Å². The predicted molar refractivity (Wildman–Crippen MR) is 87.8 cm³/mol. The van der Waals surface area contributed by atoms with Crippen LogP contribution in [0.3, 0.4) is 0 Å². The summed E-state index contributed by atoms with van der Waals surface area (Å²) in [7, 11) is 1.77. The topological polar surface area (TPSA) is 71.2 Å². The first kappa shape index (κ1) is 14.9. The van der Waals surface area contributed by atoms with E-state index in [4.69, 9.17) is 0 Å². The van der Waals surface area contributed by atoms with Crippen LogP contribution >= 0.6 is 0 Å². The van der Waals surface area contributed by atoms with E-state index in [-0.39, 0.29) is 6.54 Å². The van der Waals surface area contributed by atoms with Crippen molar-refractivity contribution in [3.05, 3.63) is 41.2 Å². The zero-order valence-corrected chi connectivity index (χ0v) is 13.7. The lowest BCUT2D eigenvalue weighted by atomic mass is 9.94.